The minimum Gasteiger partial charge on any atom is -0.506 e. The summed E-state index contributed by atoms with van der Waals surface area (Å²) in [4.78, 5) is 25.9. The number of nitrogens with zero attached hydrogens (tertiary/aromatic N) is 1. The average molecular weight is 348 g/mol. The van der Waals surface area contributed by atoms with Crippen LogP contribution in [0.3, 0.4) is 0 Å². The Morgan fingerprint density at radius 2 is 1.92 bits per heavy atom. The highest BCUT2D eigenvalue weighted by Crippen LogP contribution is 2.36. The number of anilines is 1. The van der Waals surface area contributed by atoms with Gasteiger partial charge >= 0.3 is 0 Å². The van der Waals surface area contributed by atoms with Gasteiger partial charge in [-0.05, 0) is 56.0 Å². The zero-order valence-corrected chi connectivity index (χ0v) is 15.0. The zero-order valence-electron chi connectivity index (χ0n) is 15.0. The predicted molar refractivity (Wildman–Crippen MR) is 102 cm³/mol. The highest BCUT2D eigenvalue weighted by Gasteiger charge is 2.29. The number of hydrogen-bond donors (Lipinski definition) is 2. The SMILES string of the molecule is Cc1cccc(NC(=O)c2c(O)c3cccc4c3n(c2=O)[C@H](C)C4)c1C. The Bertz CT molecular complexity index is 1130. The van der Waals surface area contributed by atoms with Crippen molar-refractivity contribution in [3.8, 4) is 5.75 Å². The van der Waals surface area contributed by atoms with Crippen LogP contribution in [-0.2, 0) is 6.42 Å². The fraction of sp³-hybridized carbons (Fsp3) is 0.238. The number of amides is 1. The molecule has 0 radical (unpaired) electrons. The molecule has 0 aliphatic carbocycles. The van der Waals surface area contributed by atoms with Crippen LogP contribution >= 0.6 is 0 Å². The molecule has 3 aromatic rings. The van der Waals surface area contributed by atoms with Gasteiger partial charge in [0.2, 0.25) is 0 Å². The molecule has 2 N–H and O–H groups in total. The number of aromatic nitrogens is 1. The van der Waals surface area contributed by atoms with Crippen LogP contribution in [0.1, 0.15) is 40.0 Å². The summed E-state index contributed by atoms with van der Waals surface area (Å²) in [6.45, 7) is 5.81. The number of benzene rings is 2. The number of aryl methyl sites for hydroxylation is 1. The van der Waals surface area contributed by atoms with Gasteiger partial charge in [0.05, 0.1) is 5.52 Å². The molecule has 4 rings (SSSR count). The quantitative estimate of drug-likeness (QED) is 0.742. The van der Waals surface area contributed by atoms with Crippen molar-refractivity contribution in [2.45, 2.75) is 33.2 Å². The maximum Gasteiger partial charge on any atom is 0.268 e. The number of aromatic hydroxyl groups is 1. The van der Waals surface area contributed by atoms with Crippen molar-refractivity contribution >= 4 is 22.5 Å². The fourth-order valence-corrected chi connectivity index (χ4v) is 3.80. The van der Waals surface area contributed by atoms with Crippen LogP contribution in [0.5, 0.6) is 5.75 Å². The molecule has 132 valence electrons. The summed E-state index contributed by atoms with van der Waals surface area (Å²) < 4.78 is 1.63. The summed E-state index contributed by atoms with van der Waals surface area (Å²) >= 11 is 0. The topological polar surface area (TPSA) is 71.3 Å². The van der Waals surface area contributed by atoms with Crippen LogP contribution in [0.15, 0.2) is 41.2 Å². The molecule has 0 saturated carbocycles. The van der Waals surface area contributed by atoms with E-state index < -0.39 is 11.5 Å². The number of carbonyl (C=O) groups excluding carboxylic acids is 1. The molecule has 2 heterocycles. The monoisotopic (exact) mass is 348 g/mol. The number of hydrogen-bond acceptors (Lipinski definition) is 3. The maximum absolute atomic E-state index is 13.0. The van der Waals surface area contributed by atoms with Gasteiger partial charge in [-0.15, -0.1) is 0 Å². The van der Waals surface area contributed by atoms with E-state index in [0.717, 1.165) is 22.2 Å². The Balaban J connectivity index is 1.89. The molecule has 5 nitrogen and oxygen atoms in total. The first-order valence-electron chi connectivity index (χ1n) is 8.66. The van der Waals surface area contributed by atoms with Crippen LogP contribution in [0.4, 0.5) is 5.69 Å². The van der Waals surface area contributed by atoms with E-state index in [-0.39, 0.29) is 17.4 Å². The van der Waals surface area contributed by atoms with E-state index in [9.17, 15) is 14.7 Å². The molecule has 0 unspecified atom stereocenters. The van der Waals surface area contributed by atoms with Crippen molar-refractivity contribution in [2.24, 2.45) is 0 Å². The normalized spacial score (nSPS) is 15.4. The molecular weight excluding hydrogens is 328 g/mol. The number of nitrogens with one attached hydrogen (secondary N) is 1. The molecule has 0 fully saturated rings. The first kappa shape index (κ1) is 16.4. The van der Waals surface area contributed by atoms with Gasteiger partial charge in [-0.3, -0.25) is 9.59 Å². The maximum atomic E-state index is 13.0. The minimum atomic E-state index is -0.587. The number of pyridine rings is 1. The van der Waals surface area contributed by atoms with Gasteiger partial charge in [0, 0.05) is 17.1 Å². The van der Waals surface area contributed by atoms with Crippen molar-refractivity contribution in [1.29, 1.82) is 0 Å². The predicted octanol–water partition coefficient (Wildman–Crippen LogP) is 3.69. The molecule has 1 aliphatic rings. The molecule has 1 atom stereocenters. The van der Waals surface area contributed by atoms with Gasteiger partial charge in [-0.1, -0.05) is 24.3 Å². The van der Waals surface area contributed by atoms with Gasteiger partial charge in [-0.2, -0.15) is 0 Å². The first-order chi connectivity index (χ1) is 12.4. The Kier molecular flexibility index (Phi) is 3.61. The highest BCUT2D eigenvalue weighted by molar-refractivity contribution is 6.09. The second-order valence-electron chi connectivity index (χ2n) is 6.97. The second kappa shape index (κ2) is 5.73. The van der Waals surface area contributed by atoms with Crippen molar-refractivity contribution < 1.29 is 9.90 Å². The van der Waals surface area contributed by atoms with Crippen molar-refractivity contribution in [3.05, 3.63) is 69.0 Å². The molecule has 26 heavy (non-hydrogen) atoms. The molecule has 1 aromatic heterocycles. The van der Waals surface area contributed by atoms with Crippen LogP contribution in [-0.4, -0.2) is 15.6 Å². The van der Waals surface area contributed by atoms with Crippen LogP contribution in [0, 0.1) is 13.8 Å². The molecule has 5 heteroatoms. The number of rotatable bonds is 2. The minimum absolute atomic E-state index is 0.0461. The molecule has 2 aromatic carbocycles. The van der Waals surface area contributed by atoms with E-state index in [0.29, 0.717) is 17.5 Å². The summed E-state index contributed by atoms with van der Waals surface area (Å²) in [5, 5.41) is 14.0. The highest BCUT2D eigenvalue weighted by atomic mass is 16.3. The fourth-order valence-electron chi connectivity index (χ4n) is 3.80. The summed E-state index contributed by atoms with van der Waals surface area (Å²) in [6, 6.07) is 11.1. The van der Waals surface area contributed by atoms with E-state index in [1.165, 1.54) is 0 Å². The van der Waals surface area contributed by atoms with Crippen LogP contribution < -0.4 is 10.9 Å². The van der Waals surface area contributed by atoms with E-state index >= 15 is 0 Å². The van der Waals surface area contributed by atoms with Gasteiger partial charge in [0.25, 0.3) is 11.5 Å². The average Bonchev–Trinajstić information content (AvgIpc) is 2.94. The van der Waals surface area contributed by atoms with Gasteiger partial charge in [0.1, 0.15) is 11.3 Å². The molecular formula is C21H20N2O3. The third kappa shape index (κ3) is 2.24. The summed E-state index contributed by atoms with van der Waals surface area (Å²) in [5.74, 6) is -0.837. The number of carbonyl (C=O) groups is 1. The van der Waals surface area contributed by atoms with Crippen LogP contribution in [0.25, 0.3) is 10.9 Å². The lowest BCUT2D eigenvalue weighted by Gasteiger charge is -2.15. The first-order valence-corrected chi connectivity index (χ1v) is 8.66. The third-order valence-electron chi connectivity index (χ3n) is 5.32. The van der Waals surface area contributed by atoms with E-state index in [1.54, 1.807) is 16.7 Å². The van der Waals surface area contributed by atoms with Crippen molar-refractivity contribution in [1.82, 2.24) is 4.57 Å². The molecule has 0 spiro atoms. The Morgan fingerprint density at radius 1 is 1.19 bits per heavy atom. The Hall–Kier alpha value is -3.08. The van der Waals surface area contributed by atoms with E-state index in [4.69, 9.17) is 0 Å². The lowest BCUT2D eigenvalue weighted by Crippen LogP contribution is -2.30. The second-order valence-corrected chi connectivity index (χ2v) is 6.97. The van der Waals surface area contributed by atoms with Crippen molar-refractivity contribution in [2.75, 3.05) is 5.32 Å². The van der Waals surface area contributed by atoms with E-state index in [1.807, 2.05) is 45.0 Å². The number of para-hydroxylation sites is 1. The Morgan fingerprint density at radius 3 is 2.69 bits per heavy atom. The lowest BCUT2D eigenvalue weighted by molar-refractivity contribution is 0.102. The lowest BCUT2D eigenvalue weighted by atomic mass is 10.1. The molecule has 0 saturated heterocycles. The van der Waals surface area contributed by atoms with Gasteiger partial charge < -0.3 is 15.0 Å². The molecule has 0 bridgehead atoms. The van der Waals surface area contributed by atoms with Crippen LogP contribution in [0.2, 0.25) is 0 Å². The van der Waals surface area contributed by atoms with Gasteiger partial charge in [-0.25, -0.2) is 0 Å². The van der Waals surface area contributed by atoms with Crippen molar-refractivity contribution in [3.63, 3.8) is 0 Å². The largest absolute Gasteiger partial charge is 0.506 e. The summed E-state index contributed by atoms with van der Waals surface area (Å²) in [7, 11) is 0. The third-order valence-corrected chi connectivity index (χ3v) is 5.32. The summed E-state index contributed by atoms with van der Waals surface area (Å²) in [6.07, 6.45) is 0.716. The zero-order chi connectivity index (χ0) is 18.6. The molecule has 1 amide bonds. The molecule has 1 aliphatic heterocycles. The Labute approximate surface area is 150 Å². The smallest absolute Gasteiger partial charge is 0.268 e. The standard InChI is InChI=1S/C21H20N2O3/c1-11-6-4-9-16(13(11)3)22-20(25)17-19(24)15-8-5-7-14-10-12(2)23(18(14)15)21(17)26/h4-9,12,24H,10H2,1-3H3,(H,22,25)/t12-/m1/s1. The summed E-state index contributed by atoms with van der Waals surface area (Å²) in [5.41, 5.74) is 3.70. The van der Waals surface area contributed by atoms with Gasteiger partial charge in [0.15, 0.2) is 0 Å². The van der Waals surface area contributed by atoms with E-state index in [2.05, 4.69) is 5.32 Å².